The van der Waals surface area contributed by atoms with E-state index in [0.29, 0.717) is 6.61 Å². The number of hydrogen-bond acceptors (Lipinski definition) is 2. The van der Waals surface area contributed by atoms with Crippen LogP contribution >= 0.6 is 0 Å². The lowest BCUT2D eigenvalue weighted by molar-refractivity contribution is 0.111. The molecule has 2 aromatic carbocycles. The molecule has 4 heteroatoms. The summed E-state index contributed by atoms with van der Waals surface area (Å²) in [5.41, 5.74) is 3.25. The Balaban J connectivity index is 1.35. The number of hydrogen-bond donors (Lipinski definition) is 1. The number of urea groups is 1. The zero-order valence-corrected chi connectivity index (χ0v) is 16.5. The van der Waals surface area contributed by atoms with Gasteiger partial charge in [0.25, 0.3) is 0 Å². The first kappa shape index (κ1) is 19.0. The Morgan fingerprint density at radius 2 is 1.82 bits per heavy atom. The molecule has 2 fully saturated rings. The van der Waals surface area contributed by atoms with Crippen LogP contribution in [0.4, 0.5) is 10.5 Å². The normalized spacial score (nSPS) is 19.4. The lowest BCUT2D eigenvalue weighted by atomic mass is 9.96. The average Bonchev–Trinajstić information content (AvgIpc) is 3.54. The molecule has 4 nitrogen and oxygen atoms in total. The summed E-state index contributed by atoms with van der Waals surface area (Å²) in [6, 6.07) is 18.8. The van der Waals surface area contributed by atoms with Crippen molar-refractivity contribution in [2.75, 3.05) is 18.5 Å². The largest absolute Gasteiger partial charge is 0.376 e. The van der Waals surface area contributed by atoms with Crippen molar-refractivity contribution in [1.82, 2.24) is 4.90 Å². The van der Waals surface area contributed by atoms with Gasteiger partial charge in [0.1, 0.15) is 0 Å². The fraction of sp³-hybridized carbons (Fsp3) is 0.458. The van der Waals surface area contributed by atoms with Crippen molar-refractivity contribution in [3.8, 4) is 0 Å². The number of piperidine rings is 1. The van der Waals surface area contributed by atoms with Crippen LogP contribution in [0.1, 0.15) is 43.2 Å². The Hall–Kier alpha value is -2.33. The fourth-order valence-corrected chi connectivity index (χ4v) is 3.93. The van der Waals surface area contributed by atoms with Crippen LogP contribution in [0, 0.1) is 5.92 Å². The molecule has 28 heavy (non-hydrogen) atoms. The van der Waals surface area contributed by atoms with E-state index in [1.165, 1.54) is 24.8 Å². The molecule has 1 aliphatic carbocycles. The zero-order chi connectivity index (χ0) is 19.2. The molecule has 1 atom stereocenters. The van der Waals surface area contributed by atoms with Gasteiger partial charge in [-0.3, -0.25) is 0 Å². The SMILES string of the molecule is O=C(Nc1cccc(COCC2CC2)c1)N1CCCCC1Cc1ccccc1. The maximum absolute atomic E-state index is 13.0. The molecule has 0 bridgehead atoms. The molecule has 0 radical (unpaired) electrons. The lowest BCUT2D eigenvalue weighted by Crippen LogP contribution is -2.46. The van der Waals surface area contributed by atoms with Gasteiger partial charge in [-0.1, -0.05) is 42.5 Å². The van der Waals surface area contributed by atoms with Crippen LogP contribution in [0.2, 0.25) is 0 Å². The second kappa shape index (κ2) is 9.24. The molecule has 148 valence electrons. The molecular formula is C24H30N2O2. The highest BCUT2D eigenvalue weighted by Crippen LogP contribution is 2.29. The third kappa shape index (κ3) is 5.35. The molecule has 2 aromatic rings. The Labute approximate surface area is 167 Å². The summed E-state index contributed by atoms with van der Waals surface area (Å²) in [4.78, 5) is 15.0. The molecule has 1 unspecified atom stereocenters. The van der Waals surface area contributed by atoms with Crippen LogP contribution < -0.4 is 5.32 Å². The summed E-state index contributed by atoms with van der Waals surface area (Å²) in [6.45, 7) is 2.29. The zero-order valence-electron chi connectivity index (χ0n) is 16.5. The molecule has 2 aliphatic rings. The van der Waals surface area contributed by atoms with Crippen LogP contribution in [-0.4, -0.2) is 30.1 Å². The molecule has 2 amide bonds. The van der Waals surface area contributed by atoms with Crippen LogP contribution in [0.5, 0.6) is 0 Å². The minimum atomic E-state index is 0.0108. The van der Waals surface area contributed by atoms with Crippen molar-refractivity contribution >= 4 is 11.7 Å². The molecule has 1 heterocycles. The maximum Gasteiger partial charge on any atom is 0.322 e. The van der Waals surface area contributed by atoms with E-state index in [2.05, 4.69) is 35.6 Å². The number of rotatable bonds is 7. The van der Waals surface area contributed by atoms with E-state index in [9.17, 15) is 4.79 Å². The summed E-state index contributed by atoms with van der Waals surface area (Å²) >= 11 is 0. The molecule has 1 aliphatic heterocycles. The molecule has 1 N–H and O–H groups in total. The minimum Gasteiger partial charge on any atom is -0.376 e. The number of benzene rings is 2. The Morgan fingerprint density at radius 3 is 2.64 bits per heavy atom. The van der Waals surface area contributed by atoms with E-state index in [0.717, 1.165) is 49.6 Å². The Kier molecular flexibility index (Phi) is 6.27. The second-order valence-corrected chi connectivity index (χ2v) is 8.12. The predicted molar refractivity (Wildman–Crippen MR) is 112 cm³/mol. The van der Waals surface area contributed by atoms with Crippen LogP contribution in [-0.2, 0) is 17.8 Å². The third-order valence-electron chi connectivity index (χ3n) is 5.70. The number of carbonyl (C=O) groups is 1. The van der Waals surface area contributed by atoms with Crippen molar-refractivity contribution in [2.45, 2.75) is 51.2 Å². The second-order valence-electron chi connectivity index (χ2n) is 8.12. The fourth-order valence-electron chi connectivity index (χ4n) is 3.93. The van der Waals surface area contributed by atoms with Gasteiger partial charge in [-0.05, 0) is 67.7 Å². The van der Waals surface area contributed by atoms with Gasteiger partial charge >= 0.3 is 6.03 Å². The number of amides is 2. The van der Waals surface area contributed by atoms with Gasteiger partial charge in [0.2, 0.25) is 0 Å². The number of nitrogens with one attached hydrogen (secondary N) is 1. The van der Waals surface area contributed by atoms with Crippen LogP contribution in [0.3, 0.4) is 0 Å². The average molecular weight is 379 g/mol. The molecule has 4 rings (SSSR count). The predicted octanol–water partition coefficient (Wildman–Crippen LogP) is 5.24. The summed E-state index contributed by atoms with van der Waals surface area (Å²) in [6.07, 6.45) is 6.86. The number of carbonyl (C=O) groups excluding carboxylic acids is 1. The molecule has 0 spiro atoms. The van der Waals surface area contributed by atoms with Crippen molar-refractivity contribution in [1.29, 1.82) is 0 Å². The molecule has 0 aromatic heterocycles. The lowest BCUT2D eigenvalue weighted by Gasteiger charge is -2.36. The first-order valence-electron chi connectivity index (χ1n) is 10.6. The topological polar surface area (TPSA) is 41.6 Å². The van der Waals surface area contributed by atoms with Crippen LogP contribution in [0.25, 0.3) is 0 Å². The van der Waals surface area contributed by atoms with Crippen molar-refractivity contribution in [3.05, 3.63) is 65.7 Å². The summed E-state index contributed by atoms with van der Waals surface area (Å²) in [5.74, 6) is 0.767. The number of nitrogens with zero attached hydrogens (tertiary/aromatic N) is 1. The highest BCUT2D eigenvalue weighted by Gasteiger charge is 2.27. The smallest absolute Gasteiger partial charge is 0.322 e. The minimum absolute atomic E-state index is 0.0108. The quantitative estimate of drug-likeness (QED) is 0.716. The summed E-state index contributed by atoms with van der Waals surface area (Å²) in [5, 5.41) is 3.11. The molecule has 1 saturated heterocycles. The number of anilines is 1. The summed E-state index contributed by atoms with van der Waals surface area (Å²) in [7, 11) is 0. The van der Waals surface area contributed by atoms with Crippen molar-refractivity contribution in [2.24, 2.45) is 5.92 Å². The van der Waals surface area contributed by atoms with E-state index in [-0.39, 0.29) is 12.1 Å². The van der Waals surface area contributed by atoms with Gasteiger partial charge in [-0.25, -0.2) is 4.79 Å². The van der Waals surface area contributed by atoms with Gasteiger partial charge in [0.05, 0.1) is 6.61 Å². The highest BCUT2D eigenvalue weighted by molar-refractivity contribution is 5.89. The Morgan fingerprint density at radius 1 is 1.00 bits per heavy atom. The molecule has 1 saturated carbocycles. The van der Waals surface area contributed by atoms with Crippen molar-refractivity contribution < 1.29 is 9.53 Å². The van der Waals surface area contributed by atoms with Gasteiger partial charge in [-0.2, -0.15) is 0 Å². The van der Waals surface area contributed by atoms with E-state index >= 15 is 0 Å². The Bertz CT molecular complexity index is 773. The monoisotopic (exact) mass is 378 g/mol. The van der Waals surface area contributed by atoms with E-state index < -0.39 is 0 Å². The first-order chi connectivity index (χ1) is 13.8. The van der Waals surface area contributed by atoms with Gasteiger partial charge in [0, 0.05) is 24.9 Å². The van der Waals surface area contributed by atoms with Gasteiger partial charge in [0.15, 0.2) is 0 Å². The maximum atomic E-state index is 13.0. The van der Waals surface area contributed by atoms with Gasteiger partial charge < -0.3 is 15.0 Å². The van der Waals surface area contributed by atoms with Gasteiger partial charge in [-0.15, -0.1) is 0 Å². The third-order valence-corrected chi connectivity index (χ3v) is 5.70. The van der Waals surface area contributed by atoms with E-state index in [1.54, 1.807) is 0 Å². The highest BCUT2D eigenvalue weighted by atomic mass is 16.5. The standard InChI is InChI=1S/C24H30N2O2/c27-24(25-22-10-6-9-21(15-22)18-28-17-20-12-13-20)26-14-5-4-11-23(26)16-19-7-2-1-3-8-19/h1-3,6-10,15,20,23H,4-5,11-14,16-18H2,(H,25,27). The summed E-state index contributed by atoms with van der Waals surface area (Å²) < 4.78 is 5.78. The van der Waals surface area contributed by atoms with Crippen LogP contribution in [0.15, 0.2) is 54.6 Å². The number of ether oxygens (including phenoxy) is 1. The van der Waals surface area contributed by atoms with Crippen molar-refractivity contribution in [3.63, 3.8) is 0 Å². The molecular weight excluding hydrogens is 348 g/mol. The van der Waals surface area contributed by atoms with E-state index in [1.807, 2.05) is 29.2 Å². The number of likely N-dealkylation sites (tertiary alicyclic amines) is 1. The van der Waals surface area contributed by atoms with E-state index in [4.69, 9.17) is 4.74 Å². The first-order valence-corrected chi connectivity index (χ1v) is 10.6.